The number of aromatic nitrogens is 5. The molecule has 1 fully saturated rings. The van der Waals surface area contributed by atoms with E-state index in [0.29, 0.717) is 29.8 Å². The van der Waals surface area contributed by atoms with Crippen molar-refractivity contribution in [3.8, 4) is 28.6 Å². The summed E-state index contributed by atoms with van der Waals surface area (Å²) in [4.78, 5) is 19.5. The van der Waals surface area contributed by atoms with Gasteiger partial charge in [-0.2, -0.15) is 5.10 Å². The molecule has 162 valence electrons. The third-order valence-electron chi connectivity index (χ3n) is 5.47. The lowest BCUT2D eigenvalue weighted by Crippen LogP contribution is -2.41. The minimum absolute atomic E-state index is 0.00621. The standard InChI is InChI=1S/C23H22N6O3/c30-20(14-31-18-9-2-1-3-10-18)29-12-5-4-11-19(29)22-25-21(26-27-22)16-7-6-8-17(13-16)23-28-24-15-32-23/h1-3,6-10,13,15,19H,4-5,11-12,14H2,(H,25,26,27). The third kappa shape index (κ3) is 4.22. The van der Waals surface area contributed by atoms with Gasteiger partial charge < -0.3 is 14.1 Å². The number of hydrogen-bond acceptors (Lipinski definition) is 7. The fourth-order valence-electron chi connectivity index (χ4n) is 3.90. The van der Waals surface area contributed by atoms with Crippen LogP contribution in [0.2, 0.25) is 0 Å². The van der Waals surface area contributed by atoms with Crippen molar-refractivity contribution >= 4 is 5.91 Å². The Kier molecular flexibility index (Phi) is 5.61. The molecule has 1 saturated heterocycles. The first kappa shape index (κ1) is 19.9. The number of likely N-dealkylation sites (tertiary alicyclic amines) is 1. The summed E-state index contributed by atoms with van der Waals surface area (Å²) in [6.07, 6.45) is 4.11. The molecule has 1 amide bonds. The largest absolute Gasteiger partial charge is 0.484 e. The molecule has 9 nitrogen and oxygen atoms in total. The van der Waals surface area contributed by atoms with Crippen LogP contribution in [0.5, 0.6) is 5.75 Å². The first-order valence-electron chi connectivity index (χ1n) is 10.5. The van der Waals surface area contributed by atoms with Crippen LogP contribution in [0.1, 0.15) is 31.1 Å². The lowest BCUT2D eigenvalue weighted by molar-refractivity contribution is -0.137. The van der Waals surface area contributed by atoms with Crippen molar-refractivity contribution in [3.63, 3.8) is 0 Å². The minimum Gasteiger partial charge on any atom is -0.484 e. The number of H-pyrrole nitrogens is 1. The second kappa shape index (κ2) is 9.01. The van der Waals surface area contributed by atoms with Gasteiger partial charge in [0.25, 0.3) is 5.91 Å². The van der Waals surface area contributed by atoms with Gasteiger partial charge >= 0.3 is 0 Å². The van der Waals surface area contributed by atoms with Gasteiger partial charge in [0.1, 0.15) is 11.6 Å². The summed E-state index contributed by atoms with van der Waals surface area (Å²) in [7, 11) is 0. The molecule has 32 heavy (non-hydrogen) atoms. The number of nitrogens with zero attached hydrogens (tertiary/aromatic N) is 5. The van der Waals surface area contributed by atoms with Gasteiger partial charge in [0.05, 0.1) is 6.04 Å². The van der Waals surface area contributed by atoms with E-state index in [1.165, 1.54) is 6.39 Å². The van der Waals surface area contributed by atoms with Crippen LogP contribution in [-0.4, -0.2) is 49.3 Å². The molecule has 2 aromatic heterocycles. The second-order valence-electron chi connectivity index (χ2n) is 7.57. The Hall–Kier alpha value is -4.01. The van der Waals surface area contributed by atoms with Crippen LogP contribution in [-0.2, 0) is 4.79 Å². The van der Waals surface area contributed by atoms with Crippen LogP contribution >= 0.6 is 0 Å². The Bertz CT molecular complexity index is 1180. The highest BCUT2D eigenvalue weighted by Gasteiger charge is 2.30. The quantitative estimate of drug-likeness (QED) is 0.497. The summed E-state index contributed by atoms with van der Waals surface area (Å²) in [6.45, 7) is 0.665. The zero-order chi connectivity index (χ0) is 21.8. The van der Waals surface area contributed by atoms with Crippen LogP contribution in [0.3, 0.4) is 0 Å². The first-order valence-corrected chi connectivity index (χ1v) is 10.5. The minimum atomic E-state index is -0.156. The van der Waals surface area contributed by atoms with Gasteiger partial charge in [0.15, 0.2) is 12.4 Å². The van der Waals surface area contributed by atoms with E-state index >= 15 is 0 Å². The highest BCUT2D eigenvalue weighted by Crippen LogP contribution is 2.30. The lowest BCUT2D eigenvalue weighted by Gasteiger charge is -2.34. The van der Waals surface area contributed by atoms with E-state index in [4.69, 9.17) is 14.1 Å². The number of amides is 1. The van der Waals surface area contributed by atoms with Gasteiger partial charge in [-0.05, 0) is 43.5 Å². The van der Waals surface area contributed by atoms with Gasteiger partial charge in [-0.1, -0.05) is 30.3 Å². The molecule has 0 spiro atoms. The average molecular weight is 430 g/mol. The van der Waals surface area contributed by atoms with Crippen molar-refractivity contribution in [3.05, 3.63) is 66.8 Å². The number of aromatic amines is 1. The molecule has 5 rings (SSSR count). The summed E-state index contributed by atoms with van der Waals surface area (Å²) in [6, 6.07) is 16.8. The van der Waals surface area contributed by atoms with E-state index in [-0.39, 0.29) is 18.6 Å². The van der Waals surface area contributed by atoms with E-state index in [2.05, 4.69) is 20.4 Å². The maximum absolute atomic E-state index is 12.9. The SMILES string of the molecule is O=C(COc1ccccc1)N1CCCCC1c1nc(-c2cccc(-c3nnco3)c2)n[nH]1. The van der Waals surface area contributed by atoms with E-state index in [1.54, 1.807) is 0 Å². The smallest absolute Gasteiger partial charge is 0.261 e. The number of hydrogen-bond donors (Lipinski definition) is 1. The molecule has 0 saturated carbocycles. The predicted octanol–water partition coefficient (Wildman–Crippen LogP) is 3.65. The highest BCUT2D eigenvalue weighted by atomic mass is 16.5. The molecular weight excluding hydrogens is 408 g/mol. The molecule has 1 unspecified atom stereocenters. The molecule has 1 N–H and O–H groups in total. The lowest BCUT2D eigenvalue weighted by atomic mass is 10.0. The van der Waals surface area contributed by atoms with E-state index in [9.17, 15) is 4.79 Å². The number of rotatable bonds is 6. The van der Waals surface area contributed by atoms with Gasteiger partial charge in [-0.3, -0.25) is 9.89 Å². The van der Waals surface area contributed by atoms with Crippen molar-refractivity contribution in [2.45, 2.75) is 25.3 Å². The molecule has 0 radical (unpaired) electrons. The molecule has 1 aliphatic rings. The number of carbonyl (C=O) groups excluding carboxylic acids is 1. The summed E-state index contributed by atoms with van der Waals surface area (Å²) >= 11 is 0. The summed E-state index contributed by atoms with van der Waals surface area (Å²) in [5, 5.41) is 15.1. The molecular formula is C23H22N6O3. The molecule has 4 aromatic rings. The van der Waals surface area contributed by atoms with E-state index in [0.717, 1.165) is 30.4 Å². The molecule has 3 heterocycles. The number of piperidine rings is 1. The number of nitrogens with one attached hydrogen (secondary N) is 1. The topological polar surface area (TPSA) is 110 Å². The fourth-order valence-corrected chi connectivity index (χ4v) is 3.90. The maximum atomic E-state index is 12.9. The van der Waals surface area contributed by atoms with Crippen LogP contribution in [0.4, 0.5) is 0 Å². The molecule has 1 aliphatic heterocycles. The Balaban J connectivity index is 1.33. The number of carbonyl (C=O) groups is 1. The zero-order valence-electron chi connectivity index (χ0n) is 17.3. The molecule has 9 heteroatoms. The predicted molar refractivity (Wildman–Crippen MR) is 115 cm³/mol. The summed E-state index contributed by atoms with van der Waals surface area (Å²) in [5.41, 5.74) is 1.61. The van der Waals surface area contributed by atoms with Crippen molar-refractivity contribution < 1.29 is 13.9 Å². The number of ether oxygens (including phenoxy) is 1. The van der Waals surface area contributed by atoms with Gasteiger partial charge in [-0.15, -0.1) is 10.2 Å². The van der Waals surface area contributed by atoms with E-state index in [1.807, 2.05) is 59.5 Å². The average Bonchev–Trinajstić information content (AvgIpc) is 3.56. The van der Waals surface area contributed by atoms with Crippen molar-refractivity contribution in [2.24, 2.45) is 0 Å². The van der Waals surface area contributed by atoms with Crippen LogP contribution in [0.15, 0.2) is 65.4 Å². The zero-order valence-corrected chi connectivity index (χ0v) is 17.3. The van der Waals surface area contributed by atoms with Gasteiger partial charge in [0, 0.05) is 17.7 Å². The molecule has 0 bridgehead atoms. The van der Waals surface area contributed by atoms with Crippen LogP contribution in [0.25, 0.3) is 22.8 Å². The number of para-hydroxylation sites is 1. The summed E-state index contributed by atoms with van der Waals surface area (Å²) in [5.74, 6) is 2.29. The Morgan fingerprint density at radius 2 is 2.00 bits per heavy atom. The normalized spacial score (nSPS) is 16.1. The van der Waals surface area contributed by atoms with Gasteiger partial charge in [0.2, 0.25) is 12.3 Å². The molecule has 0 aliphatic carbocycles. The van der Waals surface area contributed by atoms with Crippen molar-refractivity contribution in [1.82, 2.24) is 30.3 Å². The maximum Gasteiger partial charge on any atom is 0.261 e. The fraction of sp³-hybridized carbons (Fsp3) is 0.261. The second-order valence-corrected chi connectivity index (χ2v) is 7.57. The molecule has 2 aromatic carbocycles. The Morgan fingerprint density at radius 3 is 2.84 bits per heavy atom. The van der Waals surface area contributed by atoms with Crippen molar-refractivity contribution in [1.29, 1.82) is 0 Å². The van der Waals surface area contributed by atoms with Crippen LogP contribution < -0.4 is 4.74 Å². The summed E-state index contributed by atoms with van der Waals surface area (Å²) < 4.78 is 11.0. The Labute approximate surface area is 184 Å². The van der Waals surface area contributed by atoms with Crippen LogP contribution in [0, 0.1) is 0 Å². The Morgan fingerprint density at radius 1 is 1.12 bits per heavy atom. The number of benzene rings is 2. The third-order valence-corrected chi connectivity index (χ3v) is 5.47. The van der Waals surface area contributed by atoms with E-state index < -0.39 is 0 Å². The van der Waals surface area contributed by atoms with Gasteiger partial charge in [-0.25, -0.2) is 4.98 Å². The van der Waals surface area contributed by atoms with Crippen molar-refractivity contribution in [2.75, 3.05) is 13.2 Å². The molecule has 1 atom stereocenters. The monoisotopic (exact) mass is 430 g/mol. The first-order chi connectivity index (χ1) is 15.8. The highest BCUT2D eigenvalue weighted by molar-refractivity contribution is 5.78.